The highest BCUT2D eigenvalue weighted by Crippen LogP contribution is 2.36. The van der Waals surface area contributed by atoms with Gasteiger partial charge in [-0.25, -0.2) is 0 Å². The zero-order valence-corrected chi connectivity index (χ0v) is 27.5. The third-order valence-electron chi connectivity index (χ3n) is 7.42. The van der Waals surface area contributed by atoms with Gasteiger partial charge in [0.2, 0.25) is 5.78 Å². The summed E-state index contributed by atoms with van der Waals surface area (Å²) in [5.41, 5.74) is 6.54. The summed E-state index contributed by atoms with van der Waals surface area (Å²) in [6.45, 7) is 14.6. The van der Waals surface area contributed by atoms with E-state index < -0.39 is 46.7 Å². The summed E-state index contributed by atoms with van der Waals surface area (Å²) >= 11 is 0. The summed E-state index contributed by atoms with van der Waals surface area (Å²) in [6, 6.07) is 1.11. The fourth-order valence-corrected chi connectivity index (χ4v) is 5.20. The average molecular weight is 617 g/mol. The number of hydrogen-bond acceptors (Lipinski definition) is 10. The number of nitrogens with two attached hydrogens (primary N) is 1. The Bertz CT molecular complexity index is 1290. The minimum Gasteiger partial charge on any atom is -0.510 e. The van der Waals surface area contributed by atoms with Crippen molar-refractivity contribution in [3.05, 3.63) is 45.7 Å². The van der Waals surface area contributed by atoms with Crippen molar-refractivity contribution < 1.29 is 34.8 Å². The van der Waals surface area contributed by atoms with E-state index in [9.17, 15) is 34.8 Å². The summed E-state index contributed by atoms with van der Waals surface area (Å²) in [4.78, 5) is 40.0. The first-order chi connectivity index (χ1) is 20.2. The highest BCUT2D eigenvalue weighted by atomic mass is 16.3. The van der Waals surface area contributed by atoms with Crippen LogP contribution in [-0.2, 0) is 33.9 Å². The van der Waals surface area contributed by atoms with E-state index in [2.05, 4.69) is 52.2 Å². The predicted octanol–water partition coefficient (Wildman–Crippen LogP) is 3.02. The second-order valence-corrected chi connectivity index (χ2v) is 14.3. The van der Waals surface area contributed by atoms with Gasteiger partial charge in [-0.05, 0) is 61.4 Å². The highest BCUT2D eigenvalue weighted by Gasteiger charge is 2.35. The lowest BCUT2D eigenvalue weighted by atomic mass is 9.88. The SMILES string of the molecule is CN(C)C1CCCCc2c(CNCC(C)(C)C)cc(CNCC(C)(C)C)c(O)c2C(O)=CC(=O)[C@H](O)C(=O)C(C(N)=O)=C1O. The van der Waals surface area contributed by atoms with Crippen LogP contribution in [0.15, 0.2) is 23.5 Å². The normalized spacial score (nSPS) is 19.5. The molecule has 1 aromatic rings. The number of carbonyl (C=O) groups is 3. The van der Waals surface area contributed by atoms with Crippen molar-refractivity contribution in [2.45, 2.75) is 92.5 Å². The number of aromatic hydroxyl groups is 1. The van der Waals surface area contributed by atoms with Gasteiger partial charge in [0.1, 0.15) is 22.8 Å². The Labute approximate surface area is 261 Å². The standard InChI is InChI=1S/C33H52N4O7/c1-32(2,3)17-35-15-19-13-20(16-36-18-33(4,5)6)27(40)25-21(19)11-9-10-12-22(37(7)8)28(41)26(31(34)44)30(43)29(42)24(39)14-23(25)38/h13-14,22,29,35-36,38,40-42H,9-12,15-18H2,1-8H3,(H2,34,44)/t22?,29-/m0/s1. The van der Waals surface area contributed by atoms with Crippen molar-refractivity contribution in [2.75, 3.05) is 27.2 Å². The van der Waals surface area contributed by atoms with Crippen LogP contribution in [0, 0.1) is 10.8 Å². The topological polar surface area (TPSA) is 185 Å². The predicted molar refractivity (Wildman–Crippen MR) is 171 cm³/mol. The molecule has 1 aliphatic carbocycles. The van der Waals surface area contributed by atoms with E-state index in [0.29, 0.717) is 69.1 Å². The number of aliphatic hydroxyl groups is 3. The highest BCUT2D eigenvalue weighted by molar-refractivity contribution is 6.27. The number of likely N-dealkylation sites (N-methyl/N-ethyl adjacent to an activating group) is 1. The smallest absolute Gasteiger partial charge is 0.255 e. The van der Waals surface area contributed by atoms with Crippen LogP contribution in [0.1, 0.15) is 83.1 Å². The molecule has 1 aliphatic rings. The molecule has 0 bridgehead atoms. The molecule has 0 aliphatic heterocycles. The van der Waals surface area contributed by atoms with Crippen molar-refractivity contribution in [3.8, 4) is 5.75 Å². The zero-order chi connectivity index (χ0) is 33.6. The number of primary amides is 1. The third kappa shape index (κ3) is 10.2. The van der Waals surface area contributed by atoms with E-state index in [4.69, 9.17) is 5.73 Å². The number of aliphatic hydroxyl groups excluding tert-OH is 3. The van der Waals surface area contributed by atoms with Crippen LogP contribution in [0.25, 0.3) is 5.76 Å². The Kier molecular flexibility index (Phi) is 12.7. The molecule has 0 aromatic heterocycles. The number of phenolic OH excluding ortho intramolecular Hbond substituents is 1. The maximum absolute atomic E-state index is 13.1. The average Bonchev–Trinajstić information content (AvgIpc) is 2.87. The first kappa shape index (κ1) is 36.9. The van der Waals surface area contributed by atoms with Crippen LogP contribution in [0.3, 0.4) is 0 Å². The van der Waals surface area contributed by atoms with E-state index >= 15 is 0 Å². The van der Waals surface area contributed by atoms with Crippen molar-refractivity contribution in [3.63, 3.8) is 0 Å². The molecule has 11 heteroatoms. The molecular formula is C33H52N4O7. The zero-order valence-electron chi connectivity index (χ0n) is 27.5. The number of ketones is 2. The first-order valence-corrected chi connectivity index (χ1v) is 15.1. The Morgan fingerprint density at radius 1 is 0.955 bits per heavy atom. The number of benzene rings is 1. The Morgan fingerprint density at radius 3 is 2.00 bits per heavy atom. The molecule has 0 fully saturated rings. The fraction of sp³-hybridized carbons (Fsp3) is 0.606. The number of Topliss-reactive ketones (excluding diaryl/α,β-unsaturated/α-hetero) is 1. The maximum Gasteiger partial charge on any atom is 0.255 e. The quantitative estimate of drug-likeness (QED) is 0.169. The molecule has 0 spiro atoms. The van der Waals surface area contributed by atoms with Gasteiger partial charge in [-0.2, -0.15) is 0 Å². The van der Waals surface area contributed by atoms with E-state index in [1.54, 1.807) is 19.0 Å². The molecule has 1 amide bonds. The lowest BCUT2D eigenvalue weighted by Gasteiger charge is -2.26. The summed E-state index contributed by atoms with van der Waals surface area (Å²) in [5, 5.41) is 51.1. The number of rotatable bonds is 8. The molecule has 8 N–H and O–H groups in total. The van der Waals surface area contributed by atoms with E-state index in [-0.39, 0.29) is 22.1 Å². The van der Waals surface area contributed by atoms with Gasteiger partial charge in [-0.3, -0.25) is 19.3 Å². The second-order valence-electron chi connectivity index (χ2n) is 14.3. The van der Waals surface area contributed by atoms with Crippen molar-refractivity contribution in [1.29, 1.82) is 0 Å². The molecular weight excluding hydrogens is 564 g/mol. The van der Waals surface area contributed by atoms with Gasteiger partial charge >= 0.3 is 0 Å². The van der Waals surface area contributed by atoms with Crippen molar-refractivity contribution in [2.24, 2.45) is 16.6 Å². The fourth-order valence-electron chi connectivity index (χ4n) is 5.20. The van der Waals surface area contributed by atoms with Crippen molar-refractivity contribution >= 4 is 23.2 Å². The van der Waals surface area contributed by atoms with Crippen LogP contribution in [0.5, 0.6) is 5.75 Å². The second kappa shape index (κ2) is 15.2. The van der Waals surface area contributed by atoms with E-state index in [1.807, 2.05) is 6.07 Å². The maximum atomic E-state index is 13.1. The lowest BCUT2D eigenvalue weighted by molar-refractivity contribution is -0.134. The molecule has 0 saturated carbocycles. The number of phenols is 1. The lowest BCUT2D eigenvalue weighted by Crippen LogP contribution is -2.39. The van der Waals surface area contributed by atoms with Crippen LogP contribution in [0.4, 0.5) is 0 Å². The third-order valence-corrected chi connectivity index (χ3v) is 7.42. The van der Waals surface area contributed by atoms with Crippen LogP contribution in [0.2, 0.25) is 0 Å². The van der Waals surface area contributed by atoms with Gasteiger partial charge in [0.25, 0.3) is 5.91 Å². The van der Waals surface area contributed by atoms with Crippen LogP contribution < -0.4 is 16.4 Å². The summed E-state index contributed by atoms with van der Waals surface area (Å²) < 4.78 is 0. The molecule has 2 rings (SSSR count). The minimum atomic E-state index is -2.41. The monoisotopic (exact) mass is 616 g/mol. The number of nitrogens with zero attached hydrogens (tertiary/aromatic N) is 1. The molecule has 0 radical (unpaired) electrons. The molecule has 0 heterocycles. The molecule has 246 valence electrons. The van der Waals surface area contributed by atoms with Crippen LogP contribution in [-0.4, -0.2) is 82.1 Å². The Hall–Kier alpha value is -3.25. The molecule has 11 nitrogen and oxygen atoms in total. The number of fused-ring (bicyclic) bond motifs is 1. The number of hydrogen-bond donors (Lipinski definition) is 7. The number of amides is 1. The Morgan fingerprint density at radius 2 is 1.50 bits per heavy atom. The van der Waals surface area contributed by atoms with Gasteiger partial charge in [0.05, 0.1) is 11.6 Å². The summed E-state index contributed by atoms with van der Waals surface area (Å²) in [6.07, 6.45) is 0.0758. The van der Waals surface area contributed by atoms with Gasteiger partial charge in [-0.1, -0.05) is 48.0 Å². The minimum absolute atomic E-state index is 0.00236. The first-order valence-electron chi connectivity index (χ1n) is 15.1. The van der Waals surface area contributed by atoms with E-state index in [0.717, 1.165) is 5.56 Å². The molecule has 2 atom stereocenters. The summed E-state index contributed by atoms with van der Waals surface area (Å²) in [7, 11) is 3.33. The van der Waals surface area contributed by atoms with Gasteiger partial charge in [0, 0.05) is 37.8 Å². The molecule has 44 heavy (non-hydrogen) atoms. The Balaban J connectivity index is 2.75. The van der Waals surface area contributed by atoms with Crippen LogP contribution >= 0.6 is 0 Å². The molecule has 0 saturated heterocycles. The van der Waals surface area contributed by atoms with Gasteiger partial charge < -0.3 is 36.8 Å². The van der Waals surface area contributed by atoms with E-state index in [1.165, 1.54) is 0 Å². The van der Waals surface area contributed by atoms with Crippen molar-refractivity contribution in [1.82, 2.24) is 15.5 Å². The van der Waals surface area contributed by atoms with Gasteiger partial charge in [0.15, 0.2) is 11.9 Å². The molecule has 1 aromatic carbocycles. The number of carbonyl (C=O) groups excluding carboxylic acids is 3. The largest absolute Gasteiger partial charge is 0.510 e. The number of nitrogens with one attached hydrogen (secondary N) is 2. The molecule has 1 unspecified atom stereocenters. The summed E-state index contributed by atoms with van der Waals surface area (Å²) in [5.74, 6) is -5.34. The van der Waals surface area contributed by atoms with Gasteiger partial charge in [-0.15, -0.1) is 0 Å².